The number of piperidine rings is 1. The number of carbonyl (C=O) groups is 1. The Hall–Kier alpha value is -4.38. The van der Waals surface area contributed by atoms with Gasteiger partial charge in [0.15, 0.2) is 12.0 Å². The Bertz CT molecular complexity index is 1520. The normalized spacial score (nSPS) is 21.5. The zero-order valence-electron chi connectivity index (χ0n) is 25.2. The number of halogens is 1. The smallest absolute Gasteiger partial charge is 0.230 e. The standard InChI is InChI=1S/C32H37FN8O4/c1-21(42)15-29(43)41-10-9-28(27(33)17-41)45-30-22(16-34)3-2-4-26(30)31-35-20-36-32(38-31)37-23-5-7-24(8-6-23)39-11-13-40(14-12-39)25-18-44-19-25/h2-8,20-21,25,27-28,42H,9-15,17-19H2,1H3,(H,35,36,37,38)/t21-,27-,28+/m1/s1. The number of hydrogen-bond acceptors (Lipinski definition) is 11. The first-order valence-electron chi connectivity index (χ1n) is 15.3. The molecule has 2 N–H and O–H groups in total. The van der Waals surface area contributed by atoms with Gasteiger partial charge in [0.25, 0.3) is 0 Å². The van der Waals surface area contributed by atoms with E-state index < -0.39 is 18.4 Å². The summed E-state index contributed by atoms with van der Waals surface area (Å²) in [6, 6.07) is 15.8. The minimum Gasteiger partial charge on any atom is -0.485 e. The van der Waals surface area contributed by atoms with Gasteiger partial charge in [0.05, 0.1) is 49.5 Å². The minimum atomic E-state index is -1.48. The third-order valence-electron chi connectivity index (χ3n) is 8.46. The molecule has 0 saturated carbocycles. The lowest BCUT2D eigenvalue weighted by molar-refractivity contribution is -0.136. The lowest BCUT2D eigenvalue weighted by atomic mass is 10.0. The van der Waals surface area contributed by atoms with E-state index in [1.807, 2.05) is 12.1 Å². The summed E-state index contributed by atoms with van der Waals surface area (Å²) in [5.74, 6) is 0.460. The topological polar surface area (TPSA) is 140 Å². The molecular weight excluding hydrogens is 579 g/mol. The molecule has 3 aromatic rings. The monoisotopic (exact) mass is 616 g/mol. The second-order valence-corrected chi connectivity index (χ2v) is 11.7. The molecule has 6 rings (SSSR count). The Balaban J connectivity index is 1.12. The number of nitriles is 1. The lowest BCUT2D eigenvalue weighted by Gasteiger charge is -2.43. The highest BCUT2D eigenvalue weighted by molar-refractivity contribution is 5.77. The van der Waals surface area contributed by atoms with Crippen molar-refractivity contribution >= 4 is 23.2 Å². The van der Waals surface area contributed by atoms with Crippen LogP contribution in [0.15, 0.2) is 48.8 Å². The molecule has 0 radical (unpaired) electrons. The van der Waals surface area contributed by atoms with E-state index in [4.69, 9.17) is 9.47 Å². The fourth-order valence-electron chi connectivity index (χ4n) is 5.85. The molecular formula is C32H37FN8O4. The molecule has 3 aliphatic heterocycles. The zero-order chi connectivity index (χ0) is 31.3. The van der Waals surface area contributed by atoms with E-state index in [-0.39, 0.29) is 49.0 Å². The predicted octanol–water partition coefficient (Wildman–Crippen LogP) is 2.76. The molecule has 0 unspecified atom stereocenters. The molecule has 236 valence electrons. The maximum atomic E-state index is 15.2. The van der Waals surface area contributed by atoms with Crippen molar-refractivity contribution in [1.29, 1.82) is 5.26 Å². The second kappa shape index (κ2) is 13.7. The number of piperazine rings is 1. The molecule has 0 bridgehead atoms. The molecule has 3 aliphatic rings. The van der Waals surface area contributed by atoms with Crippen molar-refractivity contribution in [2.45, 2.75) is 44.2 Å². The van der Waals surface area contributed by atoms with Crippen LogP contribution in [0.2, 0.25) is 0 Å². The van der Waals surface area contributed by atoms with E-state index in [0.717, 1.165) is 50.8 Å². The van der Waals surface area contributed by atoms with Gasteiger partial charge in [-0.2, -0.15) is 10.2 Å². The van der Waals surface area contributed by atoms with Gasteiger partial charge >= 0.3 is 0 Å². The van der Waals surface area contributed by atoms with E-state index in [9.17, 15) is 15.2 Å². The molecule has 1 amide bonds. The van der Waals surface area contributed by atoms with E-state index in [1.165, 1.54) is 18.2 Å². The number of nitrogens with zero attached hydrogens (tertiary/aromatic N) is 7. The molecule has 0 aliphatic carbocycles. The largest absolute Gasteiger partial charge is 0.485 e. The van der Waals surface area contributed by atoms with Gasteiger partial charge in [0.1, 0.15) is 24.3 Å². The van der Waals surface area contributed by atoms with Gasteiger partial charge in [0, 0.05) is 50.5 Å². The van der Waals surface area contributed by atoms with Crippen LogP contribution in [0.4, 0.5) is 21.7 Å². The van der Waals surface area contributed by atoms with Crippen LogP contribution in [-0.4, -0.2) is 113 Å². The molecule has 13 heteroatoms. The number of likely N-dealkylation sites (tertiary alicyclic amines) is 1. The highest BCUT2D eigenvalue weighted by Crippen LogP contribution is 2.34. The average Bonchev–Trinajstić information content (AvgIpc) is 3.02. The number of amides is 1. The number of aromatic nitrogens is 3. The summed E-state index contributed by atoms with van der Waals surface area (Å²) in [6.45, 7) is 7.31. The number of benzene rings is 2. The highest BCUT2D eigenvalue weighted by Gasteiger charge is 2.34. The van der Waals surface area contributed by atoms with E-state index in [2.05, 4.69) is 48.3 Å². The van der Waals surface area contributed by atoms with Crippen LogP contribution < -0.4 is 15.0 Å². The Morgan fingerprint density at radius 2 is 1.93 bits per heavy atom. The van der Waals surface area contributed by atoms with Crippen LogP contribution in [0.1, 0.15) is 25.3 Å². The summed E-state index contributed by atoms with van der Waals surface area (Å²) < 4.78 is 26.7. The maximum absolute atomic E-state index is 15.2. The van der Waals surface area contributed by atoms with Crippen molar-refractivity contribution < 1.29 is 23.8 Å². The molecule has 12 nitrogen and oxygen atoms in total. The van der Waals surface area contributed by atoms with Crippen LogP contribution in [0.25, 0.3) is 11.4 Å². The molecule has 3 saturated heterocycles. The summed E-state index contributed by atoms with van der Waals surface area (Å²) in [5.41, 5.74) is 2.61. The molecule has 4 heterocycles. The van der Waals surface area contributed by atoms with Gasteiger partial charge in [-0.05, 0) is 43.3 Å². The molecule has 2 aromatic carbocycles. The Kier molecular flexibility index (Phi) is 9.34. The van der Waals surface area contributed by atoms with Crippen LogP contribution in [-0.2, 0) is 9.53 Å². The molecule has 1 aromatic heterocycles. The first-order chi connectivity index (χ1) is 21.9. The number of carbonyl (C=O) groups excluding carboxylic acids is 1. The predicted molar refractivity (Wildman–Crippen MR) is 165 cm³/mol. The average molecular weight is 617 g/mol. The third-order valence-corrected chi connectivity index (χ3v) is 8.46. The fourth-order valence-corrected chi connectivity index (χ4v) is 5.85. The Morgan fingerprint density at radius 3 is 2.60 bits per heavy atom. The number of rotatable bonds is 9. The minimum absolute atomic E-state index is 0.0618. The number of ether oxygens (including phenoxy) is 2. The fraction of sp³-hybridized carbons (Fsp3) is 0.469. The van der Waals surface area contributed by atoms with Gasteiger partial charge in [0.2, 0.25) is 11.9 Å². The number of alkyl halides is 1. The van der Waals surface area contributed by atoms with Crippen LogP contribution >= 0.6 is 0 Å². The van der Waals surface area contributed by atoms with Crippen molar-refractivity contribution in [3.05, 3.63) is 54.4 Å². The highest BCUT2D eigenvalue weighted by atomic mass is 19.1. The van der Waals surface area contributed by atoms with Crippen molar-refractivity contribution in [2.24, 2.45) is 0 Å². The van der Waals surface area contributed by atoms with Gasteiger partial charge in [-0.15, -0.1) is 0 Å². The van der Waals surface area contributed by atoms with Gasteiger partial charge in [-0.3, -0.25) is 9.69 Å². The van der Waals surface area contributed by atoms with E-state index >= 15 is 4.39 Å². The van der Waals surface area contributed by atoms with E-state index in [1.54, 1.807) is 18.2 Å². The molecule has 45 heavy (non-hydrogen) atoms. The first kappa shape index (κ1) is 30.6. The van der Waals surface area contributed by atoms with E-state index in [0.29, 0.717) is 17.6 Å². The van der Waals surface area contributed by atoms with Crippen LogP contribution in [0, 0.1) is 11.3 Å². The van der Waals surface area contributed by atoms with Crippen molar-refractivity contribution in [1.82, 2.24) is 24.8 Å². The summed E-state index contributed by atoms with van der Waals surface area (Å²) in [7, 11) is 0. The Morgan fingerprint density at radius 1 is 1.16 bits per heavy atom. The second-order valence-electron chi connectivity index (χ2n) is 11.7. The molecule has 3 fully saturated rings. The number of nitrogens with one attached hydrogen (secondary N) is 1. The van der Waals surface area contributed by atoms with Gasteiger partial charge in [-0.25, -0.2) is 14.4 Å². The number of aliphatic hydroxyl groups excluding tert-OH is 1. The number of para-hydroxylation sites is 1. The SMILES string of the molecule is C[C@@H](O)CC(=O)N1CC[C@H](Oc2c(C#N)cccc2-c2ncnc(Nc3ccc(N4CCN(C5COC5)CC4)cc3)n2)[C@H](F)C1. The van der Waals surface area contributed by atoms with Gasteiger partial charge < -0.3 is 29.7 Å². The van der Waals surface area contributed by atoms with Gasteiger partial charge in [-0.1, -0.05) is 6.07 Å². The van der Waals surface area contributed by atoms with Crippen molar-refractivity contribution in [3.8, 4) is 23.2 Å². The summed E-state index contributed by atoms with van der Waals surface area (Å²) in [6.07, 6.45) is -1.60. The summed E-state index contributed by atoms with van der Waals surface area (Å²) in [4.78, 5) is 31.8. The number of hydrogen-bond donors (Lipinski definition) is 2. The number of anilines is 3. The molecule has 0 spiro atoms. The van der Waals surface area contributed by atoms with Crippen LogP contribution in [0.3, 0.4) is 0 Å². The Labute approximate surface area is 261 Å². The maximum Gasteiger partial charge on any atom is 0.230 e. The first-order valence-corrected chi connectivity index (χ1v) is 15.3. The quantitative estimate of drug-likeness (QED) is 0.367. The van der Waals surface area contributed by atoms with Crippen molar-refractivity contribution in [3.63, 3.8) is 0 Å². The summed E-state index contributed by atoms with van der Waals surface area (Å²) >= 11 is 0. The van der Waals surface area contributed by atoms with Crippen LogP contribution in [0.5, 0.6) is 5.75 Å². The summed E-state index contributed by atoms with van der Waals surface area (Å²) in [5, 5.41) is 22.6. The third kappa shape index (κ3) is 7.14. The lowest BCUT2D eigenvalue weighted by Crippen LogP contribution is -2.56. The molecule has 3 atom stereocenters. The zero-order valence-corrected chi connectivity index (χ0v) is 25.2. The van der Waals surface area contributed by atoms with Crippen molar-refractivity contribution in [2.75, 3.05) is 62.7 Å². The number of aliphatic hydroxyl groups is 1.